The summed E-state index contributed by atoms with van der Waals surface area (Å²) < 4.78 is 0. The first-order chi connectivity index (χ1) is 6.18. The Bertz CT molecular complexity index is 292. The second-order valence-electron chi connectivity index (χ2n) is 4.85. The second-order valence-corrected chi connectivity index (χ2v) is 4.85. The second kappa shape index (κ2) is 2.98. The van der Waals surface area contributed by atoms with Gasteiger partial charge in [0.2, 0.25) is 0 Å². The van der Waals surface area contributed by atoms with Crippen LogP contribution < -0.4 is 11.2 Å². The van der Waals surface area contributed by atoms with Gasteiger partial charge < -0.3 is 5.73 Å². The fourth-order valence-electron chi connectivity index (χ4n) is 2.06. The summed E-state index contributed by atoms with van der Waals surface area (Å²) in [5.41, 5.74) is 8.68. The van der Waals surface area contributed by atoms with Gasteiger partial charge in [-0.3, -0.25) is 5.43 Å². The van der Waals surface area contributed by atoms with E-state index < -0.39 is 6.03 Å². The van der Waals surface area contributed by atoms with Gasteiger partial charge in [0.1, 0.15) is 0 Å². The van der Waals surface area contributed by atoms with Crippen molar-refractivity contribution in [3.05, 3.63) is 11.6 Å². The van der Waals surface area contributed by atoms with E-state index in [9.17, 15) is 4.79 Å². The number of rotatable bonds is 1. The van der Waals surface area contributed by atoms with Crippen molar-refractivity contribution < 1.29 is 4.79 Å². The van der Waals surface area contributed by atoms with Gasteiger partial charge in [0.25, 0.3) is 0 Å². The van der Waals surface area contributed by atoms with Crippen LogP contribution in [0.25, 0.3) is 0 Å². The topological polar surface area (TPSA) is 58.4 Å². The van der Waals surface area contributed by atoms with E-state index in [1.165, 1.54) is 5.57 Å². The maximum Gasteiger partial charge on any atom is 0.326 e. The Balaban J connectivity index is 2.99. The first-order valence-corrected chi connectivity index (χ1v) is 4.74. The molecule has 80 valence electrons. The summed E-state index contributed by atoms with van der Waals surface area (Å²) in [7, 11) is 0. The van der Waals surface area contributed by atoms with Crippen LogP contribution in [0.2, 0.25) is 0 Å². The van der Waals surface area contributed by atoms with Crippen molar-refractivity contribution in [3.63, 3.8) is 0 Å². The molecule has 4 nitrogen and oxygen atoms in total. The van der Waals surface area contributed by atoms with Crippen LogP contribution in [0, 0.1) is 0 Å². The molecule has 0 saturated heterocycles. The molecule has 3 N–H and O–H groups in total. The highest BCUT2D eigenvalue weighted by Gasteiger charge is 2.44. The maximum absolute atomic E-state index is 10.9. The van der Waals surface area contributed by atoms with Crippen molar-refractivity contribution >= 4 is 6.03 Å². The van der Waals surface area contributed by atoms with Crippen molar-refractivity contribution in [2.75, 3.05) is 0 Å². The van der Waals surface area contributed by atoms with Gasteiger partial charge in [-0.2, -0.15) is 0 Å². The van der Waals surface area contributed by atoms with E-state index in [0.29, 0.717) is 0 Å². The van der Waals surface area contributed by atoms with Gasteiger partial charge in [-0.1, -0.05) is 11.6 Å². The molecular formula is C10H19N3O. The molecule has 0 fully saturated rings. The number of carbonyl (C=O) groups is 1. The number of nitrogens with two attached hydrogens (primary N) is 1. The summed E-state index contributed by atoms with van der Waals surface area (Å²) in [5, 5.41) is 1.89. The lowest BCUT2D eigenvalue weighted by atomic mass is 9.98. The van der Waals surface area contributed by atoms with E-state index in [1.54, 1.807) is 0 Å². The minimum atomic E-state index is -0.519. The predicted octanol–water partition coefficient (Wildman–Crippen LogP) is 1.39. The zero-order chi connectivity index (χ0) is 11.1. The minimum absolute atomic E-state index is 0.182. The van der Waals surface area contributed by atoms with Crippen LogP contribution in [0.3, 0.4) is 0 Å². The molecule has 0 unspecified atom stereocenters. The maximum atomic E-state index is 10.9. The smallest absolute Gasteiger partial charge is 0.326 e. The van der Waals surface area contributed by atoms with Crippen LogP contribution in [0.15, 0.2) is 11.6 Å². The Kier molecular flexibility index (Phi) is 2.35. The summed E-state index contributed by atoms with van der Waals surface area (Å²) in [6.45, 7) is 10.3. The van der Waals surface area contributed by atoms with E-state index in [-0.39, 0.29) is 11.1 Å². The zero-order valence-corrected chi connectivity index (χ0v) is 9.51. The van der Waals surface area contributed by atoms with Crippen molar-refractivity contribution in [1.29, 1.82) is 0 Å². The molecule has 0 aromatic carbocycles. The van der Waals surface area contributed by atoms with Crippen molar-refractivity contribution in [3.8, 4) is 0 Å². The molecular weight excluding hydrogens is 178 g/mol. The number of amides is 2. The number of nitrogens with zero attached hydrogens (tertiary/aromatic N) is 1. The first kappa shape index (κ1) is 11.0. The Labute approximate surface area is 85.1 Å². The molecule has 0 radical (unpaired) electrons. The monoisotopic (exact) mass is 197 g/mol. The third-order valence-corrected chi connectivity index (χ3v) is 2.89. The van der Waals surface area contributed by atoms with Crippen LogP contribution in [-0.2, 0) is 0 Å². The fourth-order valence-corrected chi connectivity index (χ4v) is 2.06. The van der Waals surface area contributed by atoms with Gasteiger partial charge in [-0.05, 0) is 34.6 Å². The molecule has 0 bridgehead atoms. The first-order valence-electron chi connectivity index (χ1n) is 4.74. The van der Waals surface area contributed by atoms with Gasteiger partial charge in [0, 0.05) is 0 Å². The molecule has 1 rings (SSSR count). The lowest BCUT2D eigenvalue weighted by Gasteiger charge is -2.40. The Morgan fingerprint density at radius 2 is 1.93 bits per heavy atom. The van der Waals surface area contributed by atoms with Crippen molar-refractivity contribution in [1.82, 2.24) is 10.4 Å². The lowest BCUT2D eigenvalue weighted by Crippen LogP contribution is -2.60. The van der Waals surface area contributed by atoms with Gasteiger partial charge in [-0.15, -0.1) is 0 Å². The number of hydrogen-bond donors (Lipinski definition) is 2. The van der Waals surface area contributed by atoms with E-state index in [4.69, 9.17) is 5.73 Å². The van der Waals surface area contributed by atoms with E-state index in [1.807, 2.05) is 18.9 Å². The van der Waals surface area contributed by atoms with E-state index >= 15 is 0 Å². The summed E-state index contributed by atoms with van der Waals surface area (Å²) in [6, 6.07) is -0.519. The summed E-state index contributed by atoms with van der Waals surface area (Å²) in [5.74, 6) is 0. The van der Waals surface area contributed by atoms with Crippen LogP contribution >= 0.6 is 0 Å². The average Bonchev–Trinajstić information content (AvgIpc) is 2.10. The quantitative estimate of drug-likeness (QED) is 0.624. The number of nitrogens with one attached hydrogen (secondary N) is 1. The number of hydrogen-bond acceptors (Lipinski definition) is 2. The summed E-state index contributed by atoms with van der Waals surface area (Å²) in [6.07, 6.45) is 2.14. The number of carbonyl (C=O) groups excluding carboxylic acids is 1. The zero-order valence-electron chi connectivity index (χ0n) is 9.51. The predicted molar refractivity (Wildman–Crippen MR) is 56.5 cm³/mol. The van der Waals surface area contributed by atoms with Crippen LogP contribution in [0.5, 0.6) is 0 Å². The van der Waals surface area contributed by atoms with Crippen LogP contribution in [0.4, 0.5) is 4.79 Å². The van der Waals surface area contributed by atoms with Gasteiger partial charge in [-0.25, -0.2) is 9.80 Å². The number of hydrazine groups is 1. The summed E-state index contributed by atoms with van der Waals surface area (Å²) in [4.78, 5) is 10.9. The standard InChI is InChI=1S/C10H19N3O/c1-7-6-9(2,3)13(10(7,4)5)12-8(11)14/h6H,1-5H3,(H3,11,12,14). The fraction of sp³-hybridized carbons (Fsp3) is 0.700. The Morgan fingerprint density at radius 1 is 1.43 bits per heavy atom. The van der Waals surface area contributed by atoms with Crippen LogP contribution in [0.1, 0.15) is 34.6 Å². The van der Waals surface area contributed by atoms with E-state index in [2.05, 4.69) is 32.3 Å². The minimum Gasteiger partial charge on any atom is -0.351 e. The largest absolute Gasteiger partial charge is 0.351 e. The van der Waals surface area contributed by atoms with Crippen molar-refractivity contribution in [2.45, 2.75) is 45.7 Å². The molecule has 14 heavy (non-hydrogen) atoms. The molecule has 0 aliphatic carbocycles. The number of urea groups is 1. The Morgan fingerprint density at radius 3 is 2.21 bits per heavy atom. The van der Waals surface area contributed by atoms with Crippen LogP contribution in [-0.4, -0.2) is 22.1 Å². The highest BCUT2D eigenvalue weighted by atomic mass is 16.2. The molecule has 0 saturated carbocycles. The van der Waals surface area contributed by atoms with Gasteiger partial charge in [0.15, 0.2) is 0 Å². The third-order valence-electron chi connectivity index (χ3n) is 2.89. The molecule has 1 aliphatic rings. The summed E-state index contributed by atoms with van der Waals surface area (Å²) >= 11 is 0. The lowest BCUT2D eigenvalue weighted by molar-refractivity contribution is 0.0476. The highest BCUT2D eigenvalue weighted by Crippen LogP contribution is 2.37. The number of primary amides is 1. The molecule has 0 aromatic heterocycles. The average molecular weight is 197 g/mol. The van der Waals surface area contributed by atoms with Gasteiger partial charge >= 0.3 is 6.03 Å². The molecule has 1 heterocycles. The molecule has 1 aliphatic heterocycles. The third kappa shape index (κ3) is 1.62. The molecule has 4 heteroatoms. The normalized spacial score (nSPS) is 24.5. The van der Waals surface area contributed by atoms with Crippen molar-refractivity contribution in [2.24, 2.45) is 5.73 Å². The molecule has 2 amide bonds. The molecule has 0 spiro atoms. The van der Waals surface area contributed by atoms with Gasteiger partial charge in [0.05, 0.1) is 11.1 Å². The van der Waals surface area contributed by atoms with E-state index in [0.717, 1.165) is 0 Å². The SMILES string of the molecule is CC1=CC(C)(C)N(NC(N)=O)C1(C)C. The Hall–Kier alpha value is -1.03. The molecule has 0 aromatic rings. The molecule has 0 atom stereocenters. The highest BCUT2D eigenvalue weighted by molar-refractivity contribution is 5.71.